The molecule has 6 heteroatoms. The van der Waals surface area contributed by atoms with Gasteiger partial charge in [-0.1, -0.05) is 32.0 Å². The number of hydrogen-bond donors (Lipinski definition) is 3. The van der Waals surface area contributed by atoms with E-state index in [1.807, 2.05) is 38.1 Å². The van der Waals surface area contributed by atoms with E-state index in [0.29, 0.717) is 12.8 Å². The lowest BCUT2D eigenvalue weighted by Gasteiger charge is -2.14. The van der Waals surface area contributed by atoms with Crippen molar-refractivity contribution in [1.29, 1.82) is 0 Å². The quantitative estimate of drug-likeness (QED) is 0.729. The maximum absolute atomic E-state index is 12.3. The number of aromatic nitrogens is 2. The van der Waals surface area contributed by atoms with Crippen molar-refractivity contribution in [2.75, 3.05) is 6.61 Å². The Balaban J connectivity index is 2.25. The molecule has 0 saturated carbocycles. The zero-order valence-electron chi connectivity index (χ0n) is 13.5. The number of aliphatic hydroxyl groups is 1. The minimum Gasteiger partial charge on any atom is -0.504 e. The fourth-order valence-electron chi connectivity index (χ4n) is 2.47. The molecule has 1 aromatic heterocycles. The van der Waals surface area contributed by atoms with Crippen LogP contribution in [0.3, 0.4) is 0 Å². The molecule has 0 saturated heterocycles. The van der Waals surface area contributed by atoms with Crippen LogP contribution in [0.4, 0.5) is 0 Å². The Kier molecular flexibility index (Phi) is 5.76. The first kappa shape index (κ1) is 17.0. The number of aliphatic hydroxyl groups excluding tert-OH is 1. The standard InChI is InChI=1S/C17H23N3O3/c1-3-12-7-5-6-8-14(12)20-11-15(22)16(19-20)17(23)18-13(4-2)9-10-21/h5-8,11,13,21-22H,3-4,9-10H2,1-2H3,(H,18,23). The molecule has 2 rings (SSSR count). The summed E-state index contributed by atoms with van der Waals surface area (Å²) >= 11 is 0. The van der Waals surface area contributed by atoms with E-state index in [9.17, 15) is 9.90 Å². The zero-order valence-corrected chi connectivity index (χ0v) is 13.5. The van der Waals surface area contributed by atoms with Crippen LogP contribution in [0.5, 0.6) is 5.75 Å². The van der Waals surface area contributed by atoms with Crippen molar-refractivity contribution in [3.05, 3.63) is 41.7 Å². The number of para-hydroxylation sites is 1. The predicted octanol–water partition coefficient (Wildman–Crippen LogP) is 2.03. The summed E-state index contributed by atoms with van der Waals surface area (Å²) in [5.74, 6) is -0.595. The highest BCUT2D eigenvalue weighted by molar-refractivity contribution is 5.95. The molecule has 1 aromatic carbocycles. The Morgan fingerprint density at radius 2 is 2.09 bits per heavy atom. The summed E-state index contributed by atoms with van der Waals surface area (Å²) in [6.07, 6.45) is 3.44. The van der Waals surface area contributed by atoms with Crippen LogP contribution in [0.15, 0.2) is 30.5 Å². The predicted molar refractivity (Wildman–Crippen MR) is 87.9 cm³/mol. The van der Waals surface area contributed by atoms with Gasteiger partial charge >= 0.3 is 0 Å². The first-order valence-electron chi connectivity index (χ1n) is 7.89. The van der Waals surface area contributed by atoms with Gasteiger partial charge in [-0.25, -0.2) is 4.68 Å². The van der Waals surface area contributed by atoms with E-state index in [-0.39, 0.29) is 24.1 Å². The molecule has 0 aliphatic heterocycles. The van der Waals surface area contributed by atoms with E-state index in [1.165, 1.54) is 10.9 Å². The minimum atomic E-state index is -0.435. The van der Waals surface area contributed by atoms with E-state index in [4.69, 9.17) is 5.11 Å². The van der Waals surface area contributed by atoms with Crippen LogP contribution in [-0.4, -0.2) is 38.5 Å². The Hall–Kier alpha value is -2.34. The highest BCUT2D eigenvalue weighted by Gasteiger charge is 2.20. The molecular weight excluding hydrogens is 294 g/mol. The van der Waals surface area contributed by atoms with Crippen LogP contribution in [0.1, 0.15) is 42.7 Å². The molecule has 23 heavy (non-hydrogen) atoms. The van der Waals surface area contributed by atoms with E-state index in [0.717, 1.165) is 17.7 Å². The number of carbonyl (C=O) groups is 1. The fourth-order valence-corrected chi connectivity index (χ4v) is 2.47. The first-order chi connectivity index (χ1) is 11.1. The van der Waals surface area contributed by atoms with Crippen LogP contribution in [0.25, 0.3) is 5.69 Å². The van der Waals surface area contributed by atoms with Gasteiger partial charge < -0.3 is 15.5 Å². The highest BCUT2D eigenvalue weighted by Crippen LogP contribution is 2.21. The van der Waals surface area contributed by atoms with Crippen molar-refractivity contribution in [3.8, 4) is 11.4 Å². The molecule has 1 heterocycles. The van der Waals surface area contributed by atoms with Crippen molar-refractivity contribution < 1.29 is 15.0 Å². The van der Waals surface area contributed by atoms with Crippen molar-refractivity contribution in [1.82, 2.24) is 15.1 Å². The largest absolute Gasteiger partial charge is 0.504 e. The Morgan fingerprint density at radius 1 is 1.35 bits per heavy atom. The maximum Gasteiger partial charge on any atom is 0.275 e. The zero-order chi connectivity index (χ0) is 16.8. The van der Waals surface area contributed by atoms with E-state index >= 15 is 0 Å². The van der Waals surface area contributed by atoms with Crippen LogP contribution >= 0.6 is 0 Å². The van der Waals surface area contributed by atoms with Gasteiger partial charge in [0.15, 0.2) is 11.4 Å². The number of aryl methyl sites for hydroxylation is 1. The summed E-state index contributed by atoms with van der Waals surface area (Å²) in [6, 6.07) is 7.58. The number of rotatable bonds is 7. The van der Waals surface area contributed by atoms with Gasteiger partial charge in [-0.3, -0.25) is 4.79 Å². The first-order valence-corrected chi connectivity index (χ1v) is 7.89. The van der Waals surface area contributed by atoms with Gasteiger partial charge in [-0.05, 0) is 30.9 Å². The van der Waals surface area contributed by atoms with Crippen molar-refractivity contribution >= 4 is 5.91 Å². The van der Waals surface area contributed by atoms with E-state index in [1.54, 1.807) is 0 Å². The summed E-state index contributed by atoms with van der Waals surface area (Å²) in [5, 5.41) is 26.1. The molecule has 1 amide bonds. The second-order valence-corrected chi connectivity index (χ2v) is 5.38. The molecule has 0 spiro atoms. The number of amides is 1. The van der Waals surface area contributed by atoms with Gasteiger partial charge in [-0.2, -0.15) is 5.10 Å². The maximum atomic E-state index is 12.3. The normalized spacial score (nSPS) is 12.1. The molecule has 0 aliphatic carbocycles. The van der Waals surface area contributed by atoms with Gasteiger partial charge in [0.05, 0.1) is 11.9 Å². The molecule has 0 fully saturated rings. The molecule has 3 N–H and O–H groups in total. The SMILES string of the molecule is CCc1ccccc1-n1cc(O)c(C(=O)NC(CC)CCO)n1. The monoisotopic (exact) mass is 317 g/mol. The summed E-state index contributed by atoms with van der Waals surface area (Å²) in [4.78, 5) is 12.3. The molecule has 0 aliphatic rings. The van der Waals surface area contributed by atoms with Crippen LogP contribution in [0.2, 0.25) is 0 Å². The minimum absolute atomic E-state index is 0.00306. The molecule has 0 bridgehead atoms. The van der Waals surface area contributed by atoms with Gasteiger partial charge in [0.1, 0.15) is 0 Å². The van der Waals surface area contributed by atoms with Crippen molar-refractivity contribution in [3.63, 3.8) is 0 Å². The number of benzene rings is 1. The van der Waals surface area contributed by atoms with Gasteiger partial charge in [-0.15, -0.1) is 0 Å². The summed E-state index contributed by atoms with van der Waals surface area (Å²) in [5.41, 5.74) is 1.91. The lowest BCUT2D eigenvalue weighted by molar-refractivity contribution is 0.0921. The molecular formula is C17H23N3O3. The molecule has 6 nitrogen and oxygen atoms in total. The number of aromatic hydroxyl groups is 1. The Morgan fingerprint density at radius 3 is 2.74 bits per heavy atom. The second kappa shape index (κ2) is 7.78. The number of nitrogens with one attached hydrogen (secondary N) is 1. The molecule has 0 radical (unpaired) electrons. The topological polar surface area (TPSA) is 87.4 Å². The third-order valence-electron chi connectivity index (χ3n) is 3.83. The van der Waals surface area contributed by atoms with Crippen LogP contribution < -0.4 is 5.32 Å². The average molecular weight is 317 g/mol. The number of carbonyl (C=O) groups excluding carboxylic acids is 1. The Labute approximate surface area is 135 Å². The summed E-state index contributed by atoms with van der Waals surface area (Å²) in [7, 11) is 0. The molecule has 1 unspecified atom stereocenters. The lowest BCUT2D eigenvalue weighted by Crippen LogP contribution is -2.35. The third kappa shape index (κ3) is 3.90. The van der Waals surface area contributed by atoms with Crippen LogP contribution in [0, 0.1) is 0 Å². The number of hydrogen-bond acceptors (Lipinski definition) is 4. The summed E-state index contributed by atoms with van der Waals surface area (Å²) < 4.78 is 1.52. The van der Waals surface area contributed by atoms with E-state index < -0.39 is 5.91 Å². The molecule has 2 aromatic rings. The lowest BCUT2D eigenvalue weighted by atomic mass is 10.1. The molecule has 124 valence electrons. The Bertz CT molecular complexity index is 667. The van der Waals surface area contributed by atoms with Gasteiger partial charge in [0.2, 0.25) is 0 Å². The average Bonchev–Trinajstić information content (AvgIpc) is 2.96. The van der Waals surface area contributed by atoms with Crippen LogP contribution in [-0.2, 0) is 6.42 Å². The third-order valence-corrected chi connectivity index (χ3v) is 3.83. The van der Waals surface area contributed by atoms with Gasteiger partial charge in [0, 0.05) is 12.6 Å². The van der Waals surface area contributed by atoms with Crippen molar-refractivity contribution in [2.24, 2.45) is 0 Å². The molecule has 1 atom stereocenters. The fraction of sp³-hybridized carbons (Fsp3) is 0.412. The van der Waals surface area contributed by atoms with E-state index in [2.05, 4.69) is 10.4 Å². The summed E-state index contributed by atoms with van der Waals surface area (Å²) in [6.45, 7) is 3.97. The second-order valence-electron chi connectivity index (χ2n) is 5.38. The number of nitrogens with zero attached hydrogens (tertiary/aromatic N) is 2. The smallest absolute Gasteiger partial charge is 0.275 e. The van der Waals surface area contributed by atoms with Gasteiger partial charge in [0.25, 0.3) is 5.91 Å². The highest BCUT2D eigenvalue weighted by atomic mass is 16.3. The van der Waals surface area contributed by atoms with Crippen molar-refractivity contribution in [2.45, 2.75) is 39.2 Å².